The molecule has 0 saturated carbocycles. The number of benzene rings is 2. The molecule has 2 saturated heterocycles. The van der Waals surface area contributed by atoms with Crippen molar-refractivity contribution in [3.05, 3.63) is 45.6 Å². The first-order chi connectivity index (χ1) is 19.4. The van der Waals surface area contributed by atoms with Crippen LogP contribution in [0.25, 0.3) is 22.3 Å². The number of phenols is 4. The molecule has 5 rings (SSSR count). The molecule has 41 heavy (non-hydrogen) atoms. The van der Waals surface area contributed by atoms with Gasteiger partial charge in [-0.15, -0.1) is 0 Å². The molecule has 11 N–H and O–H groups in total. The van der Waals surface area contributed by atoms with Crippen LogP contribution < -0.4 is 5.43 Å². The van der Waals surface area contributed by atoms with E-state index in [1.54, 1.807) is 0 Å². The van der Waals surface area contributed by atoms with E-state index in [-0.39, 0.29) is 11.3 Å². The number of aromatic hydroxyl groups is 4. The number of hydrogen-bond acceptors (Lipinski definition) is 15. The maximum atomic E-state index is 13.4. The largest absolute Gasteiger partial charge is 0.507 e. The molecule has 0 bridgehead atoms. The number of aliphatic hydroxyl groups is 7. The summed E-state index contributed by atoms with van der Waals surface area (Å²) >= 11 is 0. The number of fused-ring (bicyclic) bond motifs is 1. The van der Waals surface area contributed by atoms with Crippen molar-refractivity contribution in [3.8, 4) is 34.3 Å². The lowest BCUT2D eigenvalue weighted by Crippen LogP contribution is -2.55. The zero-order valence-electron chi connectivity index (χ0n) is 21.0. The van der Waals surface area contributed by atoms with Gasteiger partial charge in [-0.3, -0.25) is 4.79 Å². The average Bonchev–Trinajstić information content (AvgIpc) is 2.93. The van der Waals surface area contributed by atoms with Gasteiger partial charge in [0.2, 0.25) is 0 Å². The topological polar surface area (TPSA) is 271 Å². The van der Waals surface area contributed by atoms with Crippen molar-refractivity contribution < 1.29 is 70.1 Å². The van der Waals surface area contributed by atoms with Crippen molar-refractivity contribution in [3.63, 3.8) is 0 Å². The minimum Gasteiger partial charge on any atom is -0.507 e. The molecule has 2 aliphatic rings. The summed E-state index contributed by atoms with van der Waals surface area (Å²) in [6, 6.07) is 4.36. The SMILES string of the molecule is O=c1cc(-c2ccc(O)c(O)c2)oc2c([C@H]3OC[C@@H](O)[C@H](O)[C@H]3O)c(O)c([C@H]3O[C@H](CO)[C@@H](O)[C@H](O)[C@H]3O)c(O)c12. The van der Waals surface area contributed by atoms with E-state index in [0.29, 0.717) is 0 Å². The van der Waals surface area contributed by atoms with Gasteiger partial charge >= 0.3 is 0 Å². The Morgan fingerprint density at radius 3 is 2.10 bits per heavy atom. The molecule has 15 nitrogen and oxygen atoms in total. The van der Waals surface area contributed by atoms with Gasteiger partial charge in [0.25, 0.3) is 0 Å². The molecule has 3 heterocycles. The van der Waals surface area contributed by atoms with Crippen molar-refractivity contribution >= 4 is 11.0 Å². The summed E-state index contributed by atoms with van der Waals surface area (Å²) in [6.07, 6.45) is -16.0. The van der Waals surface area contributed by atoms with Crippen LogP contribution in [0, 0.1) is 0 Å². The highest BCUT2D eigenvalue weighted by Crippen LogP contribution is 2.50. The zero-order valence-corrected chi connectivity index (χ0v) is 21.0. The molecule has 2 aliphatic heterocycles. The fraction of sp³-hybridized carbons (Fsp3) is 0.423. The molecule has 0 unspecified atom stereocenters. The van der Waals surface area contributed by atoms with E-state index in [4.69, 9.17) is 13.9 Å². The molecule has 0 aliphatic carbocycles. The Balaban J connectivity index is 1.81. The van der Waals surface area contributed by atoms with Crippen molar-refractivity contribution in [2.24, 2.45) is 0 Å². The Kier molecular flexibility index (Phi) is 7.58. The first-order valence-electron chi connectivity index (χ1n) is 12.4. The second kappa shape index (κ2) is 10.7. The normalized spacial score (nSPS) is 32.3. The van der Waals surface area contributed by atoms with Crippen LogP contribution in [0.4, 0.5) is 0 Å². The van der Waals surface area contributed by atoms with E-state index in [1.165, 1.54) is 6.07 Å². The van der Waals surface area contributed by atoms with E-state index >= 15 is 0 Å². The first-order valence-corrected chi connectivity index (χ1v) is 12.4. The molecule has 222 valence electrons. The van der Waals surface area contributed by atoms with Crippen molar-refractivity contribution in [2.45, 2.75) is 54.9 Å². The Hall–Kier alpha value is -3.51. The van der Waals surface area contributed by atoms with Gasteiger partial charge in [-0.1, -0.05) is 0 Å². The van der Waals surface area contributed by atoms with Crippen LogP contribution in [-0.4, -0.2) is 112 Å². The predicted molar refractivity (Wildman–Crippen MR) is 134 cm³/mol. The smallest absolute Gasteiger partial charge is 0.197 e. The van der Waals surface area contributed by atoms with Crippen LogP contribution in [0.2, 0.25) is 0 Å². The van der Waals surface area contributed by atoms with Crippen LogP contribution in [-0.2, 0) is 9.47 Å². The summed E-state index contributed by atoms with van der Waals surface area (Å²) in [7, 11) is 0. The van der Waals surface area contributed by atoms with E-state index < -0.39 is 119 Å². The summed E-state index contributed by atoms with van der Waals surface area (Å²) in [5, 5.41) is 113. The molecular formula is C26H28O15. The molecule has 0 amide bonds. The standard InChI is InChI=1S/C26H28O15/c27-5-13-18(33)21(36)23(38)26(41-13)15-19(34)14-10(30)4-12(7-1-2-8(28)9(29)3-7)40-24(14)16(20(15)35)25-22(37)17(32)11(31)6-39-25/h1-4,11,13,17-18,21-23,25-29,31-38H,5-6H2/t11-,13-,17+,18-,21+,22-,23-,25-,26-/m1/s1. The number of aliphatic hydroxyl groups excluding tert-OH is 7. The molecule has 2 fully saturated rings. The molecule has 9 atom stereocenters. The van der Waals surface area contributed by atoms with E-state index in [9.17, 15) is 61.0 Å². The number of phenolic OH excluding ortho intramolecular Hbond substituents is 4. The van der Waals surface area contributed by atoms with Crippen LogP contribution in [0.3, 0.4) is 0 Å². The van der Waals surface area contributed by atoms with Crippen molar-refractivity contribution in [1.82, 2.24) is 0 Å². The summed E-state index contributed by atoms with van der Waals surface area (Å²) in [6.45, 7) is -1.39. The molecule has 0 radical (unpaired) electrons. The average molecular weight is 580 g/mol. The third kappa shape index (κ3) is 4.66. The van der Waals surface area contributed by atoms with Crippen LogP contribution in [0.1, 0.15) is 23.3 Å². The highest BCUT2D eigenvalue weighted by atomic mass is 16.5. The van der Waals surface area contributed by atoms with Crippen LogP contribution in [0.15, 0.2) is 33.5 Å². The Morgan fingerprint density at radius 1 is 0.756 bits per heavy atom. The summed E-state index contributed by atoms with van der Waals surface area (Å²) in [4.78, 5) is 13.4. The minimum atomic E-state index is -2.01. The van der Waals surface area contributed by atoms with Crippen LogP contribution in [0.5, 0.6) is 23.0 Å². The van der Waals surface area contributed by atoms with Crippen molar-refractivity contribution in [2.75, 3.05) is 13.2 Å². The molecule has 0 spiro atoms. The second-order valence-corrected chi connectivity index (χ2v) is 9.96. The lowest BCUT2D eigenvalue weighted by molar-refractivity contribution is -0.232. The van der Waals surface area contributed by atoms with Gasteiger partial charge in [-0.25, -0.2) is 0 Å². The van der Waals surface area contributed by atoms with Gasteiger partial charge in [0.1, 0.15) is 77.6 Å². The highest BCUT2D eigenvalue weighted by Gasteiger charge is 2.48. The number of ether oxygens (including phenoxy) is 2. The maximum Gasteiger partial charge on any atom is 0.197 e. The maximum absolute atomic E-state index is 13.4. The summed E-state index contributed by atoms with van der Waals surface area (Å²) in [5.41, 5.74) is -2.64. The lowest BCUT2D eigenvalue weighted by Gasteiger charge is -2.41. The third-order valence-corrected chi connectivity index (χ3v) is 7.42. The fourth-order valence-corrected chi connectivity index (χ4v) is 5.16. The van der Waals surface area contributed by atoms with E-state index in [2.05, 4.69) is 0 Å². The predicted octanol–water partition coefficient (Wildman–Crippen LogP) is -2.05. The second-order valence-electron chi connectivity index (χ2n) is 9.96. The molecule has 1 aromatic heterocycles. The van der Waals surface area contributed by atoms with Gasteiger partial charge in [0.05, 0.1) is 24.3 Å². The zero-order chi connectivity index (χ0) is 29.9. The van der Waals surface area contributed by atoms with Gasteiger partial charge in [0, 0.05) is 11.6 Å². The van der Waals surface area contributed by atoms with Gasteiger partial charge < -0.3 is 70.1 Å². The Bertz CT molecular complexity index is 1520. The Labute approximate surface area is 229 Å². The number of hydrogen-bond donors (Lipinski definition) is 11. The lowest BCUT2D eigenvalue weighted by atomic mass is 9.85. The first kappa shape index (κ1) is 29.0. The van der Waals surface area contributed by atoms with E-state index in [1.807, 2.05) is 0 Å². The van der Waals surface area contributed by atoms with Gasteiger partial charge in [0.15, 0.2) is 22.5 Å². The minimum absolute atomic E-state index is 0.0720. The van der Waals surface area contributed by atoms with Gasteiger partial charge in [-0.2, -0.15) is 0 Å². The summed E-state index contributed by atoms with van der Waals surface area (Å²) < 4.78 is 16.8. The quantitative estimate of drug-likeness (QED) is 0.148. The monoisotopic (exact) mass is 580 g/mol. The highest BCUT2D eigenvalue weighted by molar-refractivity contribution is 5.92. The number of rotatable bonds is 4. The molecule has 2 aromatic carbocycles. The van der Waals surface area contributed by atoms with Crippen molar-refractivity contribution in [1.29, 1.82) is 0 Å². The fourth-order valence-electron chi connectivity index (χ4n) is 5.16. The molecule has 15 heteroatoms. The van der Waals surface area contributed by atoms with Gasteiger partial charge in [-0.05, 0) is 18.2 Å². The third-order valence-electron chi connectivity index (χ3n) is 7.42. The van der Waals surface area contributed by atoms with E-state index in [0.717, 1.165) is 18.2 Å². The summed E-state index contributed by atoms with van der Waals surface area (Å²) in [5.74, 6) is -3.21. The van der Waals surface area contributed by atoms with Crippen LogP contribution >= 0.6 is 0 Å². The molecule has 3 aromatic rings. The Morgan fingerprint density at radius 2 is 1.44 bits per heavy atom. The molecular weight excluding hydrogens is 552 g/mol.